The molecular formula is C22H27ClFN3O4S. The molecule has 0 fully saturated rings. The number of para-hydroxylation sites is 1. The summed E-state index contributed by atoms with van der Waals surface area (Å²) in [7, 11) is -3.98. The SMILES string of the molecule is CCNC(=O)C(CC)N(Cc1ccc(Cl)cc1)C(=O)CN(c1ccccc1F)S(C)(=O)=O. The van der Waals surface area contributed by atoms with Crippen molar-refractivity contribution in [2.75, 3.05) is 23.7 Å². The molecule has 174 valence electrons. The molecule has 0 bridgehead atoms. The maximum Gasteiger partial charge on any atom is 0.244 e. The molecule has 2 aromatic carbocycles. The molecule has 32 heavy (non-hydrogen) atoms. The number of sulfonamides is 1. The first kappa shape index (κ1) is 25.6. The van der Waals surface area contributed by atoms with E-state index in [4.69, 9.17) is 11.6 Å². The Balaban J connectivity index is 2.43. The van der Waals surface area contributed by atoms with Gasteiger partial charge in [-0.1, -0.05) is 42.8 Å². The van der Waals surface area contributed by atoms with Crippen molar-refractivity contribution in [3.8, 4) is 0 Å². The predicted octanol–water partition coefficient (Wildman–Crippen LogP) is 3.19. The van der Waals surface area contributed by atoms with Crippen LogP contribution in [0.3, 0.4) is 0 Å². The van der Waals surface area contributed by atoms with Crippen LogP contribution in [-0.2, 0) is 26.2 Å². The zero-order chi connectivity index (χ0) is 23.9. The number of nitrogens with zero attached hydrogens (tertiary/aromatic N) is 2. The lowest BCUT2D eigenvalue weighted by Crippen LogP contribution is -2.52. The lowest BCUT2D eigenvalue weighted by Gasteiger charge is -2.32. The molecule has 10 heteroatoms. The van der Waals surface area contributed by atoms with Gasteiger partial charge in [0.2, 0.25) is 21.8 Å². The van der Waals surface area contributed by atoms with Crippen LogP contribution in [0.4, 0.5) is 10.1 Å². The van der Waals surface area contributed by atoms with E-state index in [1.54, 1.807) is 38.1 Å². The average molecular weight is 484 g/mol. The molecule has 0 aliphatic carbocycles. The van der Waals surface area contributed by atoms with Gasteiger partial charge in [-0.2, -0.15) is 0 Å². The summed E-state index contributed by atoms with van der Waals surface area (Å²) in [5, 5.41) is 3.22. The fraction of sp³-hybridized carbons (Fsp3) is 0.364. The third-order valence-corrected chi connectivity index (χ3v) is 6.18. The Bertz CT molecular complexity index is 1050. The van der Waals surface area contributed by atoms with E-state index in [1.165, 1.54) is 23.1 Å². The van der Waals surface area contributed by atoms with Gasteiger partial charge < -0.3 is 10.2 Å². The maximum absolute atomic E-state index is 14.4. The number of rotatable bonds is 10. The highest BCUT2D eigenvalue weighted by Crippen LogP contribution is 2.23. The number of halogens is 2. The van der Waals surface area contributed by atoms with Gasteiger partial charge in [-0.3, -0.25) is 13.9 Å². The topological polar surface area (TPSA) is 86.8 Å². The van der Waals surface area contributed by atoms with Gasteiger partial charge in [0.15, 0.2) is 0 Å². The van der Waals surface area contributed by atoms with Crippen LogP contribution in [0.25, 0.3) is 0 Å². The van der Waals surface area contributed by atoms with E-state index in [9.17, 15) is 22.4 Å². The summed E-state index contributed by atoms with van der Waals surface area (Å²) in [6.07, 6.45) is 1.21. The summed E-state index contributed by atoms with van der Waals surface area (Å²) < 4.78 is 39.9. The van der Waals surface area contributed by atoms with E-state index in [1.807, 2.05) is 0 Å². The Morgan fingerprint density at radius 1 is 1.09 bits per heavy atom. The number of carbonyl (C=O) groups is 2. The van der Waals surface area contributed by atoms with Crippen molar-refractivity contribution in [2.45, 2.75) is 32.9 Å². The Kier molecular flexibility index (Phi) is 9.03. The van der Waals surface area contributed by atoms with Crippen LogP contribution in [0, 0.1) is 5.82 Å². The molecule has 7 nitrogen and oxygen atoms in total. The van der Waals surface area contributed by atoms with Crippen molar-refractivity contribution in [3.63, 3.8) is 0 Å². The maximum atomic E-state index is 14.4. The van der Waals surface area contributed by atoms with Crippen molar-refractivity contribution >= 4 is 39.1 Å². The standard InChI is InChI=1S/C22H27ClFN3O4S/c1-4-19(22(29)25-5-2)26(14-16-10-12-17(23)13-11-16)21(28)15-27(32(3,30)31)20-9-7-6-8-18(20)24/h6-13,19H,4-5,14-15H2,1-3H3,(H,25,29). The van der Waals surface area contributed by atoms with Gasteiger partial charge in [-0.15, -0.1) is 0 Å². The smallest absolute Gasteiger partial charge is 0.244 e. The number of carbonyl (C=O) groups excluding carboxylic acids is 2. The van der Waals surface area contributed by atoms with E-state index in [-0.39, 0.29) is 18.1 Å². The Morgan fingerprint density at radius 2 is 1.72 bits per heavy atom. The van der Waals surface area contributed by atoms with Crippen LogP contribution >= 0.6 is 11.6 Å². The molecule has 1 atom stereocenters. The molecule has 0 radical (unpaired) electrons. The molecule has 1 unspecified atom stereocenters. The average Bonchev–Trinajstić information content (AvgIpc) is 2.73. The lowest BCUT2D eigenvalue weighted by molar-refractivity contribution is -0.140. The van der Waals surface area contributed by atoms with Crippen molar-refractivity contribution in [2.24, 2.45) is 0 Å². The zero-order valence-corrected chi connectivity index (χ0v) is 19.8. The molecular weight excluding hydrogens is 457 g/mol. The second kappa shape index (κ2) is 11.3. The van der Waals surface area contributed by atoms with Crippen LogP contribution in [0.15, 0.2) is 48.5 Å². The number of nitrogens with one attached hydrogen (secondary N) is 1. The van der Waals surface area contributed by atoms with Crippen molar-refractivity contribution in [1.82, 2.24) is 10.2 Å². The van der Waals surface area contributed by atoms with Gasteiger partial charge in [0.05, 0.1) is 11.9 Å². The second-order valence-electron chi connectivity index (χ2n) is 7.19. The molecule has 2 amide bonds. The van der Waals surface area contributed by atoms with Crippen molar-refractivity contribution < 1.29 is 22.4 Å². The minimum atomic E-state index is -3.98. The molecule has 0 spiro atoms. The minimum absolute atomic E-state index is 0.0561. The molecule has 1 N–H and O–H groups in total. The summed E-state index contributed by atoms with van der Waals surface area (Å²) in [6, 6.07) is 11.2. The van der Waals surface area contributed by atoms with Gasteiger partial charge in [0.25, 0.3) is 0 Å². The molecule has 0 aromatic heterocycles. The van der Waals surface area contributed by atoms with Gasteiger partial charge in [-0.25, -0.2) is 12.8 Å². The summed E-state index contributed by atoms with van der Waals surface area (Å²) in [5.74, 6) is -1.76. The monoisotopic (exact) mass is 483 g/mol. The fourth-order valence-corrected chi connectivity index (χ4v) is 4.22. The Hall–Kier alpha value is -2.65. The molecule has 2 rings (SSSR count). The highest BCUT2D eigenvalue weighted by molar-refractivity contribution is 7.92. The molecule has 0 saturated heterocycles. The van der Waals surface area contributed by atoms with E-state index < -0.39 is 34.3 Å². The van der Waals surface area contributed by atoms with Crippen LogP contribution in [0.5, 0.6) is 0 Å². The van der Waals surface area contributed by atoms with Gasteiger partial charge in [0, 0.05) is 18.1 Å². The number of anilines is 1. The quantitative estimate of drug-likeness (QED) is 0.562. The number of likely N-dealkylation sites (N-methyl/N-ethyl adjacent to an activating group) is 1. The lowest BCUT2D eigenvalue weighted by atomic mass is 10.1. The molecule has 0 saturated carbocycles. The number of hydrogen-bond donors (Lipinski definition) is 1. The minimum Gasteiger partial charge on any atom is -0.355 e. The highest BCUT2D eigenvalue weighted by atomic mass is 35.5. The van der Waals surface area contributed by atoms with E-state index in [0.717, 1.165) is 12.3 Å². The van der Waals surface area contributed by atoms with Crippen molar-refractivity contribution in [3.05, 3.63) is 64.9 Å². The second-order valence-corrected chi connectivity index (χ2v) is 9.53. The summed E-state index contributed by atoms with van der Waals surface area (Å²) in [4.78, 5) is 27.3. The van der Waals surface area contributed by atoms with Crippen LogP contribution < -0.4 is 9.62 Å². The third-order valence-electron chi connectivity index (χ3n) is 4.80. The number of benzene rings is 2. The molecule has 0 aliphatic rings. The van der Waals surface area contributed by atoms with E-state index >= 15 is 0 Å². The zero-order valence-electron chi connectivity index (χ0n) is 18.2. The first-order chi connectivity index (χ1) is 15.1. The van der Waals surface area contributed by atoms with Crippen molar-refractivity contribution in [1.29, 1.82) is 0 Å². The molecule has 0 heterocycles. The number of amides is 2. The Labute approximate surface area is 193 Å². The van der Waals surface area contributed by atoms with Gasteiger partial charge in [0.1, 0.15) is 18.4 Å². The van der Waals surface area contributed by atoms with Gasteiger partial charge in [-0.05, 0) is 43.2 Å². The summed E-state index contributed by atoms with van der Waals surface area (Å²) >= 11 is 5.94. The predicted molar refractivity (Wildman–Crippen MR) is 123 cm³/mol. The normalized spacial score (nSPS) is 12.2. The van der Waals surface area contributed by atoms with Crippen LogP contribution in [0.1, 0.15) is 25.8 Å². The fourth-order valence-electron chi connectivity index (χ4n) is 3.25. The van der Waals surface area contributed by atoms with Crippen LogP contribution in [-0.4, -0.2) is 50.5 Å². The molecule has 0 aliphatic heterocycles. The Morgan fingerprint density at radius 3 is 2.25 bits per heavy atom. The van der Waals surface area contributed by atoms with Crippen LogP contribution in [0.2, 0.25) is 5.02 Å². The van der Waals surface area contributed by atoms with Gasteiger partial charge >= 0.3 is 0 Å². The highest BCUT2D eigenvalue weighted by Gasteiger charge is 2.32. The number of hydrogen-bond acceptors (Lipinski definition) is 4. The largest absolute Gasteiger partial charge is 0.355 e. The van der Waals surface area contributed by atoms with E-state index in [0.29, 0.717) is 27.9 Å². The molecule has 2 aromatic rings. The summed E-state index contributed by atoms with van der Waals surface area (Å²) in [6.45, 7) is 3.31. The first-order valence-electron chi connectivity index (χ1n) is 10.1. The first-order valence-corrected chi connectivity index (χ1v) is 12.3. The van der Waals surface area contributed by atoms with E-state index in [2.05, 4.69) is 5.32 Å². The third kappa shape index (κ3) is 6.67. The summed E-state index contributed by atoms with van der Waals surface area (Å²) in [5.41, 5.74) is 0.475.